The first-order chi connectivity index (χ1) is 15.5. The predicted octanol–water partition coefficient (Wildman–Crippen LogP) is 5.39. The SMILES string of the molecule is CCCC.CCCC(=N)c1nc(-c2cc(NC(C)(C)C(=O)O)ccc2OCC)[nH]c(=O)c1C. The number of hydrogen-bond donors (Lipinski definition) is 4. The van der Waals surface area contributed by atoms with Gasteiger partial charge in [0.2, 0.25) is 0 Å². The van der Waals surface area contributed by atoms with Crippen LogP contribution in [0.3, 0.4) is 0 Å². The highest BCUT2D eigenvalue weighted by molar-refractivity contribution is 5.98. The quantitative estimate of drug-likeness (QED) is 0.353. The lowest BCUT2D eigenvalue weighted by molar-refractivity contribution is -0.141. The Balaban J connectivity index is 0.00000125. The topological polar surface area (TPSA) is 128 Å². The molecule has 1 aromatic heterocycles. The Hall–Kier alpha value is -3.16. The Kier molecular flexibility index (Phi) is 10.8. The van der Waals surface area contributed by atoms with E-state index in [1.54, 1.807) is 39.0 Å². The highest BCUT2D eigenvalue weighted by Gasteiger charge is 2.27. The third kappa shape index (κ3) is 7.73. The first-order valence-corrected chi connectivity index (χ1v) is 11.5. The van der Waals surface area contributed by atoms with Gasteiger partial charge in [-0.1, -0.05) is 40.0 Å². The van der Waals surface area contributed by atoms with Crippen LogP contribution in [0.1, 0.15) is 78.5 Å². The van der Waals surface area contributed by atoms with E-state index in [0.717, 1.165) is 6.42 Å². The van der Waals surface area contributed by atoms with Crippen molar-refractivity contribution in [2.24, 2.45) is 0 Å². The Morgan fingerprint density at radius 3 is 2.33 bits per heavy atom. The second-order valence-corrected chi connectivity index (χ2v) is 8.32. The van der Waals surface area contributed by atoms with Gasteiger partial charge in [0.05, 0.1) is 23.6 Å². The molecule has 0 aliphatic carbocycles. The molecule has 0 amide bonds. The van der Waals surface area contributed by atoms with Gasteiger partial charge < -0.3 is 25.6 Å². The monoisotopic (exact) mass is 458 g/mol. The minimum absolute atomic E-state index is 0.275. The standard InChI is InChI=1S/C21H28N4O4.C4H10/c1-6-8-15(22)17-12(3)19(26)24-18(23-17)14-11-13(9-10-16(14)29-7-2)25-21(4,5)20(27)28;1-3-4-2/h9-11,22,25H,6-8H2,1-5H3,(H,27,28)(H,23,24,26);3-4H2,1-2H3. The summed E-state index contributed by atoms with van der Waals surface area (Å²) in [4.78, 5) is 31.2. The fourth-order valence-corrected chi connectivity index (χ4v) is 2.81. The Bertz CT molecular complexity index is 1010. The van der Waals surface area contributed by atoms with Crippen molar-refractivity contribution in [2.75, 3.05) is 11.9 Å². The number of ether oxygens (including phenoxy) is 1. The van der Waals surface area contributed by atoms with Gasteiger partial charge in [-0.2, -0.15) is 0 Å². The molecule has 8 nitrogen and oxygen atoms in total. The lowest BCUT2D eigenvalue weighted by Crippen LogP contribution is -2.39. The fourth-order valence-electron chi connectivity index (χ4n) is 2.81. The number of nitrogens with one attached hydrogen (secondary N) is 3. The van der Waals surface area contributed by atoms with Crippen molar-refractivity contribution in [3.8, 4) is 17.1 Å². The number of carbonyl (C=O) groups is 1. The van der Waals surface area contributed by atoms with Crippen LogP contribution in [-0.2, 0) is 4.79 Å². The zero-order valence-electron chi connectivity index (χ0n) is 20.9. The third-order valence-electron chi connectivity index (χ3n) is 4.96. The molecule has 0 aliphatic rings. The van der Waals surface area contributed by atoms with E-state index < -0.39 is 11.5 Å². The van der Waals surface area contributed by atoms with Crippen molar-refractivity contribution < 1.29 is 14.6 Å². The molecule has 0 fully saturated rings. The van der Waals surface area contributed by atoms with E-state index in [4.69, 9.17) is 10.1 Å². The first kappa shape index (κ1) is 27.9. The van der Waals surface area contributed by atoms with E-state index in [2.05, 4.69) is 29.1 Å². The van der Waals surface area contributed by atoms with Crippen LogP contribution in [0.15, 0.2) is 23.0 Å². The van der Waals surface area contributed by atoms with Crippen LogP contribution < -0.4 is 15.6 Å². The normalized spacial score (nSPS) is 10.8. The number of aromatic amines is 1. The molecule has 0 atom stereocenters. The molecular weight excluding hydrogens is 420 g/mol. The summed E-state index contributed by atoms with van der Waals surface area (Å²) >= 11 is 0. The summed E-state index contributed by atoms with van der Waals surface area (Å²) < 4.78 is 5.68. The Labute approximate surface area is 196 Å². The summed E-state index contributed by atoms with van der Waals surface area (Å²) in [6.45, 7) is 13.3. The molecule has 4 N–H and O–H groups in total. The Morgan fingerprint density at radius 2 is 1.82 bits per heavy atom. The molecule has 0 saturated heterocycles. The summed E-state index contributed by atoms with van der Waals surface area (Å²) in [6, 6.07) is 5.11. The third-order valence-corrected chi connectivity index (χ3v) is 4.96. The molecule has 182 valence electrons. The second kappa shape index (κ2) is 12.8. The summed E-state index contributed by atoms with van der Waals surface area (Å²) in [5, 5.41) is 20.6. The van der Waals surface area contributed by atoms with Gasteiger partial charge >= 0.3 is 5.97 Å². The van der Waals surface area contributed by atoms with Gasteiger partial charge in [-0.15, -0.1) is 0 Å². The lowest BCUT2D eigenvalue weighted by Gasteiger charge is -2.23. The lowest BCUT2D eigenvalue weighted by atomic mass is 10.0. The van der Waals surface area contributed by atoms with E-state index in [0.29, 0.717) is 47.0 Å². The van der Waals surface area contributed by atoms with Crippen LogP contribution in [0.2, 0.25) is 0 Å². The van der Waals surface area contributed by atoms with Gasteiger partial charge in [0.15, 0.2) is 0 Å². The molecule has 0 unspecified atom stereocenters. The molecule has 1 aromatic carbocycles. The van der Waals surface area contributed by atoms with Crippen LogP contribution in [0.5, 0.6) is 5.75 Å². The molecule has 0 radical (unpaired) electrons. The van der Waals surface area contributed by atoms with E-state index in [1.165, 1.54) is 12.8 Å². The number of anilines is 1. The molecule has 0 spiro atoms. The summed E-state index contributed by atoms with van der Waals surface area (Å²) in [6.07, 6.45) is 3.93. The molecule has 0 bridgehead atoms. The van der Waals surface area contributed by atoms with Gasteiger partial charge in [0, 0.05) is 11.3 Å². The number of aromatic nitrogens is 2. The smallest absolute Gasteiger partial charge is 0.328 e. The molecule has 2 rings (SSSR count). The van der Waals surface area contributed by atoms with Gasteiger partial charge in [-0.05, 0) is 52.3 Å². The number of rotatable bonds is 10. The number of carboxylic acid groups (broad SMARTS) is 1. The van der Waals surface area contributed by atoms with Gasteiger partial charge in [0.25, 0.3) is 5.56 Å². The largest absolute Gasteiger partial charge is 0.493 e. The maximum atomic E-state index is 12.5. The van der Waals surface area contributed by atoms with E-state index >= 15 is 0 Å². The number of nitrogens with zero attached hydrogens (tertiary/aromatic N) is 1. The fraction of sp³-hybridized carbons (Fsp3) is 0.520. The number of unbranched alkanes of at least 4 members (excludes halogenated alkanes) is 1. The predicted molar refractivity (Wildman–Crippen MR) is 134 cm³/mol. The van der Waals surface area contributed by atoms with Crippen molar-refractivity contribution in [1.82, 2.24) is 9.97 Å². The molecule has 8 heteroatoms. The number of aliphatic carboxylic acids is 1. The van der Waals surface area contributed by atoms with Crippen molar-refractivity contribution in [3.05, 3.63) is 39.8 Å². The maximum absolute atomic E-state index is 12.5. The molecule has 2 aromatic rings. The van der Waals surface area contributed by atoms with E-state index in [-0.39, 0.29) is 11.4 Å². The maximum Gasteiger partial charge on any atom is 0.328 e. The van der Waals surface area contributed by atoms with Crippen LogP contribution in [0.25, 0.3) is 11.4 Å². The van der Waals surface area contributed by atoms with Crippen molar-refractivity contribution in [3.63, 3.8) is 0 Å². The van der Waals surface area contributed by atoms with E-state index in [1.807, 2.05) is 13.8 Å². The number of H-pyrrole nitrogens is 1. The van der Waals surface area contributed by atoms with Gasteiger partial charge in [-0.3, -0.25) is 4.79 Å². The Morgan fingerprint density at radius 1 is 1.18 bits per heavy atom. The summed E-state index contributed by atoms with van der Waals surface area (Å²) in [5.74, 6) is -0.215. The highest BCUT2D eigenvalue weighted by atomic mass is 16.5. The molecule has 1 heterocycles. The number of benzene rings is 1. The zero-order valence-corrected chi connectivity index (χ0v) is 20.9. The van der Waals surface area contributed by atoms with Crippen molar-refractivity contribution in [2.45, 2.75) is 79.7 Å². The average Bonchev–Trinajstić information content (AvgIpc) is 2.76. The summed E-state index contributed by atoms with van der Waals surface area (Å²) in [7, 11) is 0. The first-order valence-electron chi connectivity index (χ1n) is 11.5. The van der Waals surface area contributed by atoms with Crippen LogP contribution in [-0.4, -0.2) is 38.9 Å². The minimum Gasteiger partial charge on any atom is -0.493 e. The second-order valence-electron chi connectivity index (χ2n) is 8.32. The molecule has 0 saturated carbocycles. The minimum atomic E-state index is -1.19. The average molecular weight is 459 g/mol. The van der Waals surface area contributed by atoms with E-state index in [9.17, 15) is 14.7 Å². The van der Waals surface area contributed by atoms with Crippen LogP contribution >= 0.6 is 0 Å². The molecular formula is C25H38N4O4. The molecule has 0 aliphatic heterocycles. The number of hydrogen-bond acceptors (Lipinski definition) is 6. The van der Waals surface area contributed by atoms with Crippen molar-refractivity contribution >= 4 is 17.4 Å². The molecule has 33 heavy (non-hydrogen) atoms. The highest BCUT2D eigenvalue weighted by Crippen LogP contribution is 2.32. The van der Waals surface area contributed by atoms with Crippen LogP contribution in [0, 0.1) is 12.3 Å². The van der Waals surface area contributed by atoms with Crippen LogP contribution in [0.4, 0.5) is 5.69 Å². The van der Waals surface area contributed by atoms with Gasteiger partial charge in [0.1, 0.15) is 17.1 Å². The summed E-state index contributed by atoms with van der Waals surface area (Å²) in [5.41, 5.74) is 0.607. The van der Waals surface area contributed by atoms with Gasteiger partial charge in [-0.25, -0.2) is 9.78 Å². The van der Waals surface area contributed by atoms with Crippen molar-refractivity contribution in [1.29, 1.82) is 5.41 Å². The zero-order chi connectivity index (χ0) is 25.2. The number of carboxylic acids is 1.